The van der Waals surface area contributed by atoms with Crippen LogP contribution in [0.4, 0.5) is 0 Å². The number of hydrogen-bond acceptors (Lipinski definition) is 5. The van der Waals surface area contributed by atoms with E-state index in [1.54, 1.807) is 0 Å². The van der Waals surface area contributed by atoms with Crippen LogP contribution in [0.25, 0.3) is 11.3 Å². The van der Waals surface area contributed by atoms with Crippen molar-refractivity contribution in [3.8, 4) is 11.3 Å². The van der Waals surface area contributed by atoms with Crippen molar-refractivity contribution in [3.63, 3.8) is 0 Å². The molecule has 0 unspecified atom stereocenters. The third kappa shape index (κ3) is 5.84. The summed E-state index contributed by atoms with van der Waals surface area (Å²) in [4.78, 5) is 10.4. The van der Waals surface area contributed by atoms with Gasteiger partial charge < -0.3 is 9.64 Å². The number of fused-ring (bicyclic) bond motifs is 1. The van der Waals surface area contributed by atoms with Crippen molar-refractivity contribution in [1.29, 1.82) is 0 Å². The van der Waals surface area contributed by atoms with E-state index in [4.69, 9.17) is 9.72 Å². The normalized spacial score (nSPS) is 23.3. The highest BCUT2D eigenvalue weighted by Gasteiger charge is 2.37. The Bertz CT molecular complexity index is 983. The van der Waals surface area contributed by atoms with Crippen LogP contribution in [0, 0.1) is 0 Å². The van der Waals surface area contributed by atoms with Crippen molar-refractivity contribution >= 4 is 11.3 Å². The number of unbranched alkanes of at least 4 members (excludes halogenated alkanes) is 1. The maximum atomic E-state index is 5.46. The maximum absolute atomic E-state index is 5.46. The number of hydrogen-bond donors (Lipinski definition) is 0. The van der Waals surface area contributed by atoms with E-state index in [1.165, 1.54) is 92.1 Å². The Morgan fingerprint density at radius 2 is 1.51 bits per heavy atom. The van der Waals surface area contributed by atoms with E-state index in [2.05, 4.69) is 61.1 Å². The van der Waals surface area contributed by atoms with Crippen LogP contribution in [0.15, 0.2) is 23.6 Å². The van der Waals surface area contributed by atoms with Gasteiger partial charge in [-0.15, -0.1) is 11.3 Å². The van der Waals surface area contributed by atoms with Crippen LogP contribution in [0.1, 0.15) is 88.3 Å². The number of aromatic nitrogens is 1. The van der Waals surface area contributed by atoms with E-state index in [0.29, 0.717) is 5.92 Å². The second-order valence-electron chi connectivity index (χ2n) is 12.4. The third-order valence-electron chi connectivity index (χ3n) is 8.91. The first-order chi connectivity index (χ1) is 16.8. The van der Waals surface area contributed by atoms with Gasteiger partial charge in [0, 0.05) is 30.0 Å². The summed E-state index contributed by atoms with van der Waals surface area (Å²) in [6.07, 6.45) is 7.65. The fraction of sp³-hybridized carbons (Fsp3) is 0.700. The van der Waals surface area contributed by atoms with E-state index < -0.39 is 0 Å². The van der Waals surface area contributed by atoms with Gasteiger partial charge in [-0.2, -0.15) is 0 Å². The SMILES string of the molecule is CC1(C)CCC(C)(C)c2cc(-c3csc(C4CCN(CCCCN5CCOCC5)CC4)n3)ccc21. The molecule has 2 fully saturated rings. The molecule has 2 saturated heterocycles. The molecule has 0 bridgehead atoms. The largest absolute Gasteiger partial charge is 0.379 e. The molecular weight excluding hydrogens is 450 g/mol. The van der Waals surface area contributed by atoms with E-state index in [1.807, 2.05) is 11.3 Å². The first-order valence-corrected chi connectivity index (χ1v) is 14.8. The Kier molecular flexibility index (Phi) is 7.69. The van der Waals surface area contributed by atoms with Gasteiger partial charge in [0.15, 0.2) is 0 Å². The number of thiazole rings is 1. The van der Waals surface area contributed by atoms with Crippen LogP contribution in [-0.4, -0.2) is 67.3 Å². The second kappa shape index (κ2) is 10.6. The minimum Gasteiger partial charge on any atom is -0.379 e. The van der Waals surface area contributed by atoms with Crippen LogP contribution in [0.5, 0.6) is 0 Å². The molecule has 5 heteroatoms. The van der Waals surface area contributed by atoms with Crippen molar-refractivity contribution in [3.05, 3.63) is 39.7 Å². The topological polar surface area (TPSA) is 28.6 Å². The fourth-order valence-corrected chi connectivity index (χ4v) is 7.26. The number of ether oxygens (including phenoxy) is 1. The molecule has 1 aliphatic carbocycles. The van der Waals surface area contributed by atoms with Gasteiger partial charge in [0.05, 0.1) is 23.9 Å². The summed E-state index contributed by atoms with van der Waals surface area (Å²) in [5.41, 5.74) is 6.06. The van der Waals surface area contributed by atoms with Crippen molar-refractivity contribution < 1.29 is 4.74 Å². The summed E-state index contributed by atoms with van der Waals surface area (Å²) >= 11 is 1.88. The number of morpholine rings is 1. The molecule has 0 amide bonds. The predicted octanol–water partition coefficient (Wildman–Crippen LogP) is 6.45. The fourth-order valence-electron chi connectivity index (χ4n) is 6.25. The molecule has 0 atom stereocenters. The lowest BCUT2D eigenvalue weighted by Crippen LogP contribution is -2.37. The molecule has 1 aromatic heterocycles. The van der Waals surface area contributed by atoms with Gasteiger partial charge in [0.25, 0.3) is 0 Å². The average Bonchev–Trinajstić information content (AvgIpc) is 3.36. The molecule has 0 spiro atoms. The minimum atomic E-state index is 0.245. The second-order valence-corrected chi connectivity index (χ2v) is 13.3. The average molecular weight is 496 g/mol. The standard InChI is InChI=1S/C30H45N3OS/c1-29(2)11-12-30(3,4)26-21-24(7-8-25(26)29)27-22-35-28(31-27)23-9-15-32(16-10-23)13-5-6-14-33-17-19-34-20-18-33/h7-8,21-23H,5-6,9-20H2,1-4H3. The summed E-state index contributed by atoms with van der Waals surface area (Å²) in [6, 6.07) is 7.16. The zero-order valence-electron chi connectivity index (χ0n) is 22.4. The lowest BCUT2D eigenvalue weighted by Gasteiger charge is -2.42. The van der Waals surface area contributed by atoms with E-state index in [-0.39, 0.29) is 10.8 Å². The van der Waals surface area contributed by atoms with Crippen LogP contribution in [0.3, 0.4) is 0 Å². The molecule has 35 heavy (non-hydrogen) atoms. The molecule has 1 aromatic carbocycles. The Morgan fingerprint density at radius 1 is 0.886 bits per heavy atom. The summed E-state index contributed by atoms with van der Waals surface area (Å²) in [7, 11) is 0. The highest BCUT2D eigenvalue weighted by Crippen LogP contribution is 2.47. The van der Waals surface area contributed by atoms with Crippen LogP contribution in [0.2, 0.25) is 0 Å². The molecule has 2 aromatic rings. The number of piperidine rings is 1. The van der Waals surface area contributed by atoms with Gasteiger partial charge in [-0.1, -0.05) is 39.8 Å². The number of likely N-dealkylation sites (tertiary alicyclic amines) is 1. The van der Waals surface area contributed by atoms with E-state index in [9.17, 15) is 0 Å². The van der Waals surface area contributed by atoms with Crippen LogP contribution >= 0.6 is 11.3 Å². The third-order valence-corrected chi connectivity index (χ3v) is 9.92. The molecule has 3 heterocycles. The first-order valence-electron chi connectivity index (χ1n) is 14.0. The van der Waals surface area contributed by atoms with Gasteiger partial charge in [-0.3, -0.25) is 4.90 Å². The van der Waals surface area contributed by atoms with Crippen molar-refractivity contribution in [2.45, 2.75) is 83.0 Å². The molecular formula is C30H45N3OS. The molecule has 192 valence electrons. The molecule has 3 aliphatic rings. The number of rotatable bonds is 7. The lowest BCUT2D eigenvalue weighted by molar-refractivity contribution is 0.0367. The zero-order valence-corrected chi connectivity index (χ0v) is 23.3. The van der Waals surface area contributed by atoms with Gasteiger partial charge in [-0.05, 0) is 92.7 Å². The van der Waals surface area contributed by atoms with E-state index in [0.717, 1.165) is 26.3 Å². The Morgan fingerprint density at radius 3 is 2.20 bits per heavy atom. The zero-order chi connectivity index (χ0) is 24.5. The Balaban J connectivity index is 1.14. The van der Waals surface area contributed by atoms with Crippen LogP contribution in [-0.2, 0) is 15.6 Å². The Hall–Kier alpha value is -1.27. The molecule has 0 N–H and O–H groups in total. The Labute approximate surface area is 217 Å². The summed E-state index contributed by atoms with van der Waals surface area (Å²) in [5.74, 6) is 0.631. The predicted molar refractivity (Wildman–Crippen MR) is 148 cm³/mol. The van der Waals surface area contributed by atoms with Crippen molar-refractivity contribution in [2.75, 3.05) is 52.5 Å². The minimum absolute atomic E-state index is 0.245. The van der Waals surface area contributed by atoms with Gasteiger partial charge >= 0.3 is 0 Å². The summed E-state index contributed by atoms with van der Waals surface area (Å²) in [5, 5.41) is 3.65. The van der Waals surface area contributed by atoms with E-state index >= 15 is 0 Å². The quantitative estimate of drug-likeness (QED) is 0.413. The lowest BCUT2D eigenvalue weighted by atomic mass is 9.63. The molecule has 4 nitrogen and oxygen atoms in total. The van der Waals surface area contributed by atoms with Gasteiger partial charge in [0.2, 0.25) is 0 Å². The molecule has 5 rings (SSSR count). The molecule has 2 aliphatic heterocycles. The molecule has 0 saturated carbocycles. The van der Waals surface area contributed by atoms with Gasteiger partial charge in [0.1, 0.15) is 0 Å². The van der Waals surface area contributed by atoms with Crippen LogP contribution < -0.4 is 0 Å². The summed E-state index contributed by atoms with van der Waals surface area (Å²) < 4.78 is 5.46. The first kappa shape index (κ1) is 25.4. The highest BCUT2D eigenvalue weighted by atomic mass is 32.1. The monoisotopic (exact) mass is 495 g/mol. The van der Waals surface area contributed by atoms with Gasteiger partial charge in [-0.25, -0.2) is 4.98 Å². The highest BCUT2D eigenvalue weighted by molar-refractivity contribution is 7.10. The maximum Gasteiger partial charge on any atom is 0.0964 e. The number of nitrogens with zero attached hydrogens (tertiary/aromatic N) is 3. The molecule has 0 radical (unpaired) electrons. The number of benzene rings is 1. The van der Waals surface area contributed by atoms with Crippen molar-refractivity contribution in [2.24, 2.45) is 0 Å². The summed E-state index contributed by atoms with van der Waals surface area (Å²) in [6.45, 7) is 18.6. The smallest absolute Gasteiger partial charge is 0.0964 e. The van der Waals surface area contributed by atoms with Crippen molar-refractivity contribution in [1.82, 2.24) is 14.8 Å².